The number of fused-ring (bicyclic) bond motifs is 1. The Hall–Kier alpha value is -0.870. The van der Waals surface area contributed by atoms with E-state index in [4.69, 9.17) is 4.42 Å². The summed E-state index contributed by atoms with van der Waals surface area (Å²) in [6.07, 6.45) is 2.21. The Morgan fingerprint density at radius 3 is 3.12 bits per heavy atom. The zero-order valence-electron chi connectivity index (χ0n) is 9.74. The molecule has 0 aliphatic carbocycles. The van der Waals surface area contributed by atoms with Gasteiger partial charge in [0.1, 0.15) is 5.52 Å². The fourth-order valence-corrected chi connectivity index (χ4v) is 2.90. The predicted molar refractivity (Wildman–Crippen MR) is 71.1 cm³/mol. The number of piperidine rings is 1. The highest BCUT2D eigenvalue weighted by Crippen LogP contribution is 2.32. The molecule has 1 aliphatic heterocycles. The molecule has 0 spiro atoms. The van der Waals surface area contributed by atoms with E-state index in [1.54, 1.807) is 0 Å². The largest absolute Gasteiger partial charge is 0.439 e. The van der Waals surface area contributed by atoms with Crippen molar-refractivity contribution in [2.45, 2.75) is 31.7 Å². The van der Waals surface area contributed by atoms with Crippen molar-refractivity contribution in [3.63, 3.8) is 0 Å². The van der Waals surface area contributed by atoms with Gasteiger partial charge in [0.25, 0.3) is 0 Å². The van der Waals surface area contributed by atoms with Gasteiger partial charge in [0.15, 0.2) is 11.5 Å². The Labute approximate surface area is 109 Å². The smallest absolute Gasteiger partial charge is 0.198 e. The number of para-hydroxylation sites is 1. The fraction of sp³-hybridized carbons (Fsp3) is 0.462. The first-order valence-electron chi connectivity index (χ1n) is 6.02. The first-order chi connectivity index (χ1) is 8.24. The molecule has 0 amide bonds. The van der Waals surface area contributed by atoms with Crippen LogP contribution in [0, 0.1) is 0 Å². The predicted octanol–water partition coefficient (Wildman–Crippen LogP) is 3.45. The topological polar surface area (TPSA) is 38.1 Å². The summed E-state index contributed by atoms with van der Waals surface area (Å²) in [6.45, 7) is 3.26. The van der Waals surface area contributed by atoms with Crippen LogP contribution in [0.2, 0.25) is 0 Å². The number of hydrogen-bond donors (Lipinski definition) is 1. The van der Waals surface area contributed by atoms with Gasteiger partial charge in [-0.05, 0) is 54.4 Å². The van der Waals surface area contributed by atoms with E-state index in [1.165, 1.54) is 0 Å². The average molecular weight is 295 g/mol. The minimum absolute atomic E-state index is 0.450. The quantitative estimate of drug-likeness (QED) is 0.875. The van der Waals surface area contributed by atoms with Gasteiger partial charge in [-0.25, -0.2) is 4.98 Å². The Morgan fingerprint density at radius 2 is 2.35 bits per heavy atom. The number of nitrogens with one attached hydrogen (secondary N) is 1. The summed E-state index contributed by atoms with van der Waals surface area (Å²) in [4.78, 5) is 4.61. The van der Waals surface area contributed by atoms with Crippen molar-refractivity contribution in [2.75, 3.05) is 6.54 Å². The van der Waals surface area contributed by atoms with E-state index in [0.717, 1.165) is 40.8 Å². The van der Waals surface area contributed by atoms with Crippen LogP contribution in [0.15, 0.2) is 27.1 Å². The standard InChI is InChI=1S/C13H15BrN2O/c1-8-7-9(5-6-15-8)13-16-11-4-2-3-10(14)12(11)17-13/h2-4,8-9,15H,5-7H2,1H3. The lowest BCUT2D eigenvalue weighted by molar-refractivity contribution is 0.335. The molecule has 2 unspecified atom stereocenters. The molecule has 0 saturated carbocycles. The van der Waals surface area contributed by atoms with E-state index in [9.17, 15) is 0 Å². The summed E-state index contributed by atoms with van der Waals surface area (Å²) in [6, 6.07) is 6.52. The number of benzene rings is 1. The lowest BCUT2D eigenvalue weighted by atomic mass is 9.93. The molecule has 3 rings (SSSR count). The second-order valence-corrected chi connectivity index (χ2v) is 5.57. The van der Waals surface area contributed by atoms with Gasteiger partial charge in [-0.15, -0.1) is 0 Å². The number of oxazole rings is 1. The molecule has 1 aromatic carbocycles. The van der Waals surface area contributed by atoms with Crippen molar-refractivity contribution in [1.82, 2.24) is 10.3 Å². The number of hydrogen-bond acceptors (Lipinski definition) is 3. The Morgan fingerprint density at radius 1 is 1.47 bits per heavy atom. The third-order valence-corrected chi connectivity index (χ3v) is 3.98. The van der Waals surface area contributed by atoms with E-state index < -0.39 is 0 Å². The van der Waals surface area contributed by atoms with Crippen LogP contribution in [0.1, 0.15) is 31.6 Å². The molecular weight excluding hydrogens is 280 g/mol. The molecule has 0 radical (unpaired) electrons. The van der Waals surface area contributed by atoms with Crippen molar-refractivity contribution < 1.29 is 4.42 Å². The van der Waals surface area contributed by atoms with Crippen LogP contribution in [-0.4, -0.2) is 17.6 Å². The average Bonchev–Trinajstić information content (AvgIpc) is 2.74. The second-order valence-electron chi connectivity index (χ2n) is 4.72. The zero-order valence-corrected chi connectivity index (χ0v) is 11.3. The van der Waals surface area contributed by atoms with Crippen LogP contribution >= 0.6 is 15.9 Å². The number of nitrogens with zero attached hydrogens (tertiary/aromatic N) is 1. The van der Waals surface area contributed by atoms with E-state index in [0.29, 0.717) is 12.0 Å². The zero-order chi connectivity index (χ0) is 11.8. The number of rotatable bonds is 1. The molecule has 1 aliphatic rings. The molecular formula is C13H15BrN2O. The van der Waals surface area contributed by atoms with Crippen LogP contribution in [0.3, 0.4) is 0 Å². The van der Waals surface area contributed by atoms with Gasteiger partial charge in [0.2, 0.25) is 0 Å². The minimum atomic E-state index is 0.450. The molecule has 0 bridgehead atoms. The van der Waals surface area contributed by atoms with Gasteiger partial charge in [-0.3, -0.25) is 0 Å². The molecule has 2 aromatic rings. The van der Waals surface area contributed by atoms with E-state index in [2.05, 4.69) is 33.2 Å². The Balaban J connectivity index is 1.97. The van der Waals surface area contributed by atoms with Crippen LogP contribution in [-0.2, 0) is 0 Å². The van der Waals surface area contributed by atoms with Crippen LogP contribution in [0.5, 0.6) is 0 Å². The summed E-state index contributed by atoms with van der Waals surface area (Å²) in [5.74, 6) is 1.34. The SMILES string of the molecule is CC1CC(c2nc3cccc(Br)c3o2)CCN1. The maximum Gasteiger partial charge on any atom is 0.198 e. The third kappa shape index (κ3) is 2.11. The van der Waals surface area contributed by atoms with Gasteiger partial charge >= 0.3 is 0 Å². The second kappa shape index (κ2) is 4.42. The monoisotopic (exact) mass is 294 g/mol. The van der Waals surface area contributed by atoms with Gasteiger partial charge in [-0.1, -0.05) is 6.07 Å². The third-order valence-electron chi connectivity index (χ3n) is 3.36. The molecule has 90 valence electrons. The number of aromatic nitrogens is 1. The first kappa shape index (κ1) is 11.2. The molecule has 2 heterocycles. The van der Waals surface area contributed by atoms with E-state index >= 15 is 0 Å². The maximum atomic E-state index is 5.90. The lowest BCUT2D eigenvalue weighted by Gasteiger charge is -2.25. The minimum Gasteiger partial charge on any atom is -0.439 e. The Kier molecular flexibility index (Phi) is 2.92. The highest BCUT2D eigenvalue weighted by Gasteiger charge is 2.24. The van der Waals surface area contributed by atoms with Crippen molar-refractivity contribution >= 4 is 27.0 Å². The molecule has 17 heavy (non-hydrogen) atoms. The van der Waals surface area contributed by atoms with Crippen molar-refractivity contribution in [2.24, 2.45) is 0 Å². The van der Waals surface area contributed by atoms with Crippen molar-refractivity contribution in [1.29, 1.82) is 0 Å². The van der Waals surface area contributed by atoms with Gasteiger partial charge in [0.05, 0.1) is 4.47 Å². The summed E-state index contributed by atoms with van der Waals surface area (Å²) in [7, 11) is 0. The summed E-state index contributed by atoms with van der Waals surface area (Å²) < 4.78 is 6.88. The molecule has 4 heteroatoms. The van der Waals surface area contributed by atoms with Crippen LogP contribution in [0.25, 0.3) is 11.1 Å². The van der Waals surface area contributed by atoms with Crippen molar-refractivity contribution in [3.8, 4) is 0 Å². The van der Waals surface area contributed by atoms with Gasteiger partial charge < -0.3 is 9.73 Å². The summed E-state index contributed by atoms with van der Waals surface area (Å²) in [5, 5.41) is 3.45. The molecule has 1 fully saturated rings. The highest BCUT2D eigenvalue weighted by atomic mass is 79.9. The van der Waals surface area contributed by atoms with Crippen molar-refractivity contribution in [3.05, 3.63) is 28.6 Å². The Bertz CT molecular complexity index is 537. The first-order valence-corrected chi connectivity index (χ1v) is 6.81. The summed E-state index contributed by atoms with van der Waals surface area (Å²) in [5.41, 5.74) is 1.81. The fourth-order valence-electron chi connectivity index (χ4n) is 2.46. The van der Waals surface area contributed by atoms with Crippen LogP contribution in [0.4, 0.5) is 0 Å². The van der Waals surface area contributed by atoms with E-state index in [-0.39, 0.29) is 0 Å². The number of halogens is 1. The highest BCUT2D eigenvalue weighted by molar-refractivity contribution is 9.10. The molecule has 1 N–H and O–H groups in total. The molecule has 2 atom stereocenters. The molecule has 3 nitrogen and oxygen atoms in total. The summed E-state index contributed by atoms with van der Waals surface area (Å²) >= 11 is 3.50. The lowest BCUT2D eigenvalue weighted by Crippen LogP contribution is -2.34. The maximum absolute atomic E-state index is 5.90. The molecule has 1 aromatic heterocycles. The van der Waals surface area contributed by atoms with Gasteiger partial charge in [-0.2, -0.15) is 0 Å². The molecule has 1 saturated heterocycles. The van der Waals surface area contributed by atoms with Gasteiger partial charge in [0, 0.05) is 12.0 Å². The van der Waals surface area contributed by atoms with Crippen LogP contribution < -0.4 is 5.32 Å². The van der Waals surface area contributed by atoms with E-state index in [1.807, 2.05) is 18.2 Å². The normalized spacial score (nSPS) is 25.3.